The van der Waals surface area contributed by atoms with Crippen molar-refractivity contribution in [2.24, 2.45) is 5.73 Å². The van der Waals surface area contributed by atoms with Gasteiger partial charge in [0.1, 0.15) is 23.2 Å². The lowest BCUT2D eigenvalue weighted by Crippen LogP contribution is -2.20. The Morgan fingerprint density at radius 2 is 1.87 bits per heavy atom. The molecule has 6 nitrogen and oxygen atoms in total. The van der Waals surface area contributed by atoms with Crippen LogP contribution >= 0.6 is 23.2 Å². The predicted octanol–water partition coefficient (Wildman–Crippen LogP) is 5.86. The van der Waals surface area contributed by atoms with Gasteiger partial charge in [-0.15, -0.1) is 5.10 Å². The molecule has 0 radical (unpaired) electrons. The molecule has 5 rings (SSSR count). The third-order valence-corrected chi connectivity index (χ3v) is 5.66. The molecule has 0 saturated heterocycles. The van der Waals surface area contributed by atoms with Crippen LogP contribution in [0.15, 0.2) is 76.5 Å². The Kier molecular flexibility index (Phi) is 4.70. The van der Waals surface area contributed by atoms with Crippen molar-refractivity contribution in [1.82, 2.24) is 10.2 Å². The van der Waals surface area contributed by atoms with Gasteiger partial charge in [-0.2, -0.15) is 5.26 Å². The lowest BCUT2D eigenvalue weighted by atomic mass is 9.86. The number of rotatable bonds is 3. The first-order chi connectivity index (χ1) is 15.1. The second-order valence-corrected chi connectivity index (χ2v) is 7.78. The van der Waals surface area contributed by atoms with Gasteiger partial charge in [0.15, 0.2) is 0 Å². The number of nitriles is 1. The Hall–Kier alpha value is -3.66. The van der Waals surface area contributed by atoms with Crippen LogP contribution in [0.5, 0.6) is 5.88 Å². The quantitative estimate of drug-likeness (QED) is 0.408. The van der Waals surface area contributed by atoms with E-state index in [9.17, 15) is 5.26 Å². The molecule has 2 aromatic carbocycles. The number of aromatic amines is 1. The van der Waals surface area contributed by atoms with Crippen molar-refractivity contribution in [2.45, 2.75) is 5.92 Å². The average molecular weight is 449 g/mol. The number of fused-ring (bicyclic) bond motifs is 1. The number of nitrogens with two attached hydrogens (primary N) is 1. The van der Waals surface area contributed by atoms with Crippen molar-refractivity contribution >= 4 is 23.2 Å². The van der Waals surface area contributed by atoms with Crippen molar-refractivity contribution in [1.29, 1.82) is 5.26 Å². The average Bonchev–Trinajstić information content (AvgIpc) is 3.41. The van der Waals surface area contributed by atoms with Gasteiger partial charge in [-0.3, -0.25) is 5.10 Å². The minimum atomic E-state index is -0.595. The standard InChI is InChI=1S/C23H14Cl2N4O2/c24-13-6-7-14(16(25)10-13)17-8-9-18(30-17)19-15(11-26)22(27)31-23-20(19)21(28-29-23)12-4-2-1-3-5-12/h1-10,19H,27H2,(H,28,29)/t19-/m1/s1. The summed E-state index contributed by atoms with van der Waals surface area (Å²) in [5, 5.41) is 18.1. The number of ether oxygens (including phenoxy) is 1. The van der Waals surface area contributed by atoms with E-state index in [2.05, 4.69) is 16.3 Å². The molecule has 0 spiro atoms. The summed E-state index contributed by atoms with van der Waals surface area (Å²) in [4.78, 5) is 0. The molecule has 8 heteroatoms. The summed E-state index contributed by atoms with van der Waals surface area (Å²) in [6.07, 6.45) is 0. The fourth-order valence-corrected chi connectivity index (χ4v) is 4.20. The number of nitrogens with zero attached hydrogens (tertiary/aromatic N) is 2. The zero-order valence-corrected chi connectivity index (χ0v) is 17.4. The first-order valence-corrected chi connectivity index (χ1v) is 10.1. The lowest BCUT2D eigenvalue weighted by molar-refractivity contribution is 0.372. The molecular formula is C23H14Cl2N4O2. The molecule has 0 amide bonds. The lowest BCUT2D eigenvalue weighted by Gasteiger charge is -2.22. The summed E-state index contributed by atoms with van der Waals surface area (Å²) < 4.78 is 11.8. The second kappa shape index (κ2) is 7.55. The van der Waals surface area contributed by atoms with Crippen LogP contribution in [-0.4, -0.2) is 10.2 Å². The predicted molar refractivity (Wildman–Crippen MR) is 117 cm³/mol. The zero-order valence-electron chi connectivity index (χ0n) is 15.9. The van der Waals surface area contributed by atoms with Gasteiger partial charge < -0.3 is 14.9 Å². The highest BCUT2D eigenvalue weighted by Gasteiger charge is 2.37. The number of allylic oxidation sites excluding steroid dienone is 1. The smallest absolute Gasteiger partial charge is 0.244 e. The Morgan fingerprint density at radius 1 is 1.06 bits per heavy atom. The summed E-state index contributed by atoms with van der Waals surface area (Å²) in [5.74, 6) is 0.771. The Bertz CT molecular complexity index is 1370. The second-order valence-electron chi connectivity index (χ2n) is 6.93. The van der Waals surface area contributed by atoms with Gasteiger partial charge in [-0.25, -0.2) is 0 Å². The van der Waals surface area contributed by atoms with Crippen LogP contribution in [0.4, 0.5) is 0 Å². The molecule has 31 heavy (non-hydrogen) atoms. The van der Waals surface area contributed by atoms with Gasteiger partial charge in [-0.05, 0) is 35.9 Å². The van der Waals surface area contributed by atoms with Crippen molar-refractivity contribution < 1.29 is 9.15 Å². The van der Waals surface area contributed by atoms with Crippen molar-refractivity contribution in [3.8, 4) is 34.5 Å². The summed E-state index contributed by atoms with van der Waals surface area (Å²) in [5.41, 5.74) is 9.28. The molecule has 3 heterocycles. The van der Waals surface area contributed by atoms with Crippen LogP contribution in [-0.2, 0) is 0 Å². The fourth-order valence-electron chi connectivity index (χ4n) is 3.70. The Labute approximate surface area is 187 Å². The van der Waals surface area contributed by atoms with E-state index in [-0.39, 0.29) is 11.5 Å². The minimum absolute atomic E-state index is 0.00594. The van der Waals surface area contributed by atoms with E-state index in [1.165, 1.54) is 0 Å². The molecule has 0 unspecified atom stereocenters. The van der Waals surface area contributed by atoms with E-state index >= 15 is 0 Å². The van der Waals surface area contributed by atoms with Gasteiger partial charge in [0.2, 0.25) is 11.8 Å². The highest BCUT2D eigenvalue weighted by molar-refractivity contribution is 6.36. The summed E-state index contributed by atoms with van der Waals surface area (Å²) in [6, 6.07) is 20.6. The molecule has 3 N–H and O–H groups in total. The normalized spacial score (nSPS) is 15.3. The van der Waals surface area contributed by atoms with Crippen LogP contribution in [0.3, 0.4) is 0 Å². The summed E-state index contributed by atoms with van der Waals surface area (Å²) >= 11 is 12.4. The molecular weight excluding hydrogens is 435 g/mol. The van der Waals surface area contributed by atoms with Crippen molar-refractivity contribution in [2.75, 3.05) is 0 Å². The molecule has 152 valence electrons. The zero-order chi connectivity index (χ0) is 21.5. The molecule has 1 aliphatic heterocycles. The summed E-state index contributed by atoms with van der Waals surface area (Å²) in [6.45, 7) is 0. The van der Waals surface area contributed by atoms with Gasteiger partial charge in [0.05, 0.1) is 22.2 Å². The molecule has 1 atom stereocenters. The number of furan rings is 1. The molecule has 4 aromatic rings. The van der Waals surface area contributed by atoms with Gasteiger partial charge in [-0.1, -0.05) is 53.5 Å². The fraction of sp³-hybridized carbons (Fsp3) is 0.0435. The first kappa shape index (κ1) is 19.3. The van der Waals surface area contributed by atoms with Crippen LogP contribution < -0.4 is 10.5 Å². The van der Waals surface area contributed by atoms with Gasteiger partial charge in [0, 0.05) is 10.6 Å². The highest BCUT2D eigenvalue weighted by Crippen LogP contribution is 2.46. The molecule has 0 saturated carbocycles. The monoisotopic (exact) mass is 448 g/mol. The van der Waals surface area contributed by atoms with Crippen LogP contribution in [0.1, 0.15) is 17.2 Å². The topological polar surface area (TPSA) is 101 Å². The maximum Gasteiger partial charge on any atom is 0.244 e. The van der Waals surface area contributed by atoms with E-state index in [1.54, 1.807) is 30.3 Å². The minimum Gasteiger partial charge on any atom is -0.460 e. The van der Waals surface area contributed by atoms with Gasteiger partial charge >= 0.3 is 0 Å². The number of halogens is 2. The molecule has 1 aliphatic rings. The van der Waals surface area contributed by atoms with Crippen LogP contribution in [0.2, 0.25) is 10.0 Å². The number of hydrogen-bond acceptors (Lipinski definition) is 5. The SMILES string of the molecule is N#CC1=C(N)Oc2n[nH]c(-c3ccccc3)c2[C@H]1c1ccc(-c2ccc(Cl)cc2Cl)o1. The number of aromatic nitrogens is 2. The number of H-pyrrole nitrogens is 1. The largest absolute Gasteiger partial charge is 0.460 e. The highest BCUT2D eigenvalue weighted by atomic mass is 35.5. The molecule has 0 fully saturated rings. The maximum atomic E-state index is 9.84. The van der Waals surface area contributed by atoms with E-state index in [4.69, 9.17) is 38.1 Å². The number of hydrogen-bond donors (Lipinski definition) is 2. The number of benzene rings is 2. The maximum absolute atomic E-state index is 9.84. The van der Waals surface area contributed by atoms with Crippen LogP contribution in [0, 0.1) is 11.3 Å². The van der Waals surface area contributed by atoms with Crippen molar-refractivity contribution in [3.63, 3.8) is 0 Å². The molecule has 0 aliphatic carbocycles. The van der Waals surface area contributed by atoms with E-state index in [0.717, 1.165) is 11.3 Å². The van der Waals surface area contributed by atoms with E-state index in [1.807, 2.05) is 30.3 Å². The van der Waals surface area contributed by atoms with Gasteiger partial charge in [0.25, 0.3) is 0 Å². The van der Waals surface area contributed by atoms with E-state index in [0.29, 0.717) is 38.6 Å². The summed E-state index contributed by atoms with van der Waals surface area (Å²) in [7, 11) is 0. The van der Waals surface area contributed by atoms with E-state index < -0.39 is 5.92 Å². The Balaban J connectivity index is 1.67. The molecule has 2 aromatic heterocycles. The van der Waals surface area contributed by atoms with Crippen molar-refractivity contribution in [3.05, 3.63) is 93.5 Å². The third kappa shape index (κ3) is 3.25. The third-order valence-electron chi connectivity index (χ3n) is 5.11. The Morgan fingerprint density at radius 3 is 2.61 bits per heavy atom. The van der Waals surface area contributed by atoms with Crippen LogP contribution in [0.25, 0.3) is 22.6 Å². The molecule has 0 bridgehead atoms. The first-order valence-electron chi connectivity index (χ1n) is 9.33. The number of nitrogens with one attached hydrogen (secondary N) is 1.